The number of thiazole rings is 1. The number of hydrogen-bond donors (Lipinski definition) is 2. The molecule has 0 saturated heterocycles. The highest BCUT2D eigenvalue weighted by Crippen LogP contribution is 2.17. The molecule has 1 unspecified atom stereocenters. The highest BCUT2D eigenvalue weighted by molar-refractivity contribution is 7.09. The minimum Gasteiger partial charge on any atom is -0.469 e. The standard InChI is InChI=1S/C18H28N4O2S/c1-3-23-11-5-8-20-18(21-9-7-16-6-4-12-24-16)22-14-15(2)17-19-10-13-25-17/h4,6,10,12-13,15H,3,5,7-9,11,14H2,1-2H3,(H2,20,21,22). The molecule has 7 heteroatoms. The molecule has 0 bridgehead atoms. The lowest BCUT2D eigenvalue weighted by atomic mass is 10.2. The molecule has 0 amide bonds. The van der Waals surface area contributed by atoms with Crippen LogP contribution in [-0.2, 0) is 11.2 Å². The smallest absolute Gasteiger partial charge is 0.191 e. The first-order chi connectivity index (χ1) is 12.3. The van der Waals surface area contributed by atoms with Crippen LogP contribution in [0.4, 0.5) is 0 Å². The Bertz CT molecular complexity index is 584. The molecular formula is C18H28N4O2S. The van der Waals surface area contributed by atoms with Crippen LogP contribution in [0.3, 0.4) is 0 Å². The average Bonchev–Trinajstić information content (AvgIpc) is 3.32. The molecule has 1 atom stereocenters. The van der Waals surface area contributed by atoms with Crippen LogP contribution in [0.1, 0.15) is 37.0 Å². The summed E-state index contributed by atoms with van der Waals surface area (Å²) >= 11 is 1.68. The number of nitrogens with zero attached hydrogens (tertiary/aromatic N) is 2. The number of aliphatic imine (C=N–C) groups is 1. The molecular weight excluding hydrogens is 336 g/mol. The number of guanidine groups is 1. The van der Waals surface area contributed by atoms with Crippen molar-refractivity contribution in [1.82, 2.24) is 15.6 Å². The summed E-state index contributed by atoms with van der Waals surface area (Å²) in [4.78, 5) is 9.07. The van der Waals surface area contributed by atoms with Crippen molar-refractivity contribution in [2.24, 2.45) is 4.99 Å². The summed E-state index contributed by atoms with van der Waals surface area (Å²) in [6.45, 7) is 7.99. The summed E-state index contributed by atoms with van der Waals surface area (Å²) < 4.78 is 10.7. The second kappa shape index (κ2) is 11.7. The van der Waals surface area contributed by atoms with E-state index >= 15 is 0 Å². The van der Waals surface area contributed by atoms with Gasteiger partial charge in [0.25, 0.3) is 0 Å². The van der Waals surface area contributed by atoms with Gasteiger partial charge >= 0.3 is 0 Å². The second-order valence-electron chi connectivity index (χ2n) is 5.69. The van der Waals surface area contributed by atoms with Gasteiger partial charge < -0.3 is 19.8 Å². The van der Waals surface area contributed by atoms with Crippen molar-refractivity contribution < 1.29 is 9.15 Å². The zero-order chi connectivity index (χ0) is 17.7. The first-order valence-electron chi connectivity index (χ1n) is 8.81. The fourth-order valence-corrected chi connectivity index (χ4v) is 2.93. The molecule has 0 aromatic carbocycles. The van der Waals surface area contributed by atoms with Crippen LogP contribution < -0.4 is 10.6 Å². The number of rotatable bonds is 11. The van der Waals surface area contributed by atoms with Crippen molar-refractivity contribution in [2.45, 2.75) is 32.6 Å². The predicted molar refractivity (Wildman–Crippen MR) is 102 cm³/mol. The van der Waals surface area contributed by atoms with Gasteiger partial charge in [-0.05, 0) is 25.5 Å². The van der Waals surface area contributed by atoms with Crippen LogP contribution >= 0.6 is 11.3 Å². The normalized spacial score (nSPS) is 13.0. The summed E-state index contributed by atoms with van der Waals surface area (Å²) in [5.41, 5.74) is 0. The highest BCUT2D eigenvalue weighted by atomic mass is 32.1. The number of ether oxygens (including phenoxy) is 1. The third-order valence-electron chi connectivity index (χ3n) is 3.60. The largest absolute Gasteiger partial charge is 0.469 e. The summed E-state index contributed by atoms with van der Waals surface area (Å²) in [5, 5.41) is 9.87. The van der Waals surface area contributed by atoms with Crippen molar-refractivity contribution in [3.63, 3.8) is 0 Å². The van der Waals surface area contributed by atoms with Gasteiger partial charge in [0.1, 0.15) is 5.76 Å². The van der Waals surface area contributed by atoms with E-state index in [1.807, 2.05) is 30.6 Å². The van der Waals surface area contributed by atoms with Crippen LogP contribution in [0.5, 0.6) is 0 Å². The zero-order valence-corrected chi connectivity index (χ0v) is 15.8. The van der Waals surface area contributed by atoms with E-state index in [9.17, 15) is 0 Å². The molecule has 2 heterocycles. The molecule has 0 radical (unpaired) electrons. The van der Waals surface area contributed by atoms with Gasteiger partial charge in [-0.3, -0.25) is 4.99 Å². The van der Waals surface area contributed by atoms with Crippen LogP contribution in [0.2, 0.25) is 0 Å². The topological polar surface area (TPSA) is 71.7 Å². The summed E-state index contributed by atoms with van der Waals surface area (Å²) in [7, 11) is 0. The molecule has 2 aromatic heterocycles. The van der Waals surface area contributed by atoms with Crippen molar-refractivity contribution >= 4 is 17.3 Å². The van der Waals surface area contributed by atoms with Gasteiger partial charge in [-0.2, -0.15) is 0 Å². The van der Waals surface area contributed by atoms with E-state index in [2.05, 4.69) is 22.5 Å². The molecule has 25 heavy (non-hydrogen) atoms. The maximum Gasteiger partial charge on any atom is 0.191 e. The molecule has 2 rings (SSSR count). The first-order valence-corrected chi connectivity index (χ1v) is 9.69. The molecule has 0 aliphatic carbocycles. The fraction of sp³-hybridized carbons (Fsp3) is 0.556. The van der Waals surface area contributed by atoms with E-state index in [1.165, 1.54) is 0 Å². The SMILES string of the molecule is CCOCCCNC(=NCC(C)c1nccs1)NCCc1ccco1. The number of aromatic nitrogens is 1. The average molecular weight is 365 g/mol. The second-order valence-corrected chi connectivity index (χ2v) is 6.62. The van der Waals surface area contributed by atoms with E-state index in [0.717, 1.165) is 55.9 Å². The Labute approximate surface area is 153 Å². The Hall–Kier alpha value is -1.86. The lowest BCUT2D eigenvalue weighted by Crippen LogP contribution is -2.39. The molecule has 2 N–H and O–H groups in total. The minimum atomic E-state index is 0.312. The van der Waals surface area contributed by atoms with Crippen molar-refractivity contribution in [1.29, 1.82) is 0 Å². The Morgan fingerprint density at radius 2 is 2.28 bits per heavy atom. The molecule has 6 nitrogen and oxygen atoms in total. The van der Waals surface area contributed by atoms with Crippen LogP contribution in [0.25, 0.3) is 0 Å². The highest BCUT2D eigenvalue weighted by Gasteiger charge is 2.08. The Kier molecular flexibility index (Phi) is 9.07. The van der Waals surface area contributed by atoms with Crippen LogP contribution in [0.15, 0.2) is 39.4 Å². The Balaban J connectivity index is 1.80. The minimum absolute atomic E-state index is 0.312. The lowest BCUT2D eigenvalue weighted by Gasteiger charge is -2.13. The summed E-state index contributed by atoms with van der Waals surface area (Å²) in [6.07, 6.45) is 5.32. The van der Waals surface area contributed by atoms with Gasteiger partial charge in [0.05, 0.1) is 17.8 Å². The van der Waals surface area contributed by atoms with Gasteiger partial charge in [0.15, 0.2) is 5.96 Å². The van der Waals surface area contributed by atoms with Crippen molar-refractivity contribution in [3.05, 3.63) is 40.7 Å². The Morgan fingerprint density at radius 3 is 3.00 bits per heavy atom. The molecule has 2 aromatic rings. The quantitative estimate of drug-likeness (QED) is 0.364. The Morgan fingerprint density at radius 1 is 1.40 bits per heavy atom. The number of furan rings is 1. The van der Waals surface area contributed by atoms with Gasteiger partial charge in [-0.25, -0.2) is 4.98 Å². The van der Waals surface area contributed by atoms with Crippen LogP contribution in [0, 0.1) is 0 Å². The molecule has 0 spiro atoms. The number of nitrogens with one attached hydrogen (secondary N) is 2. The monoisotopic (exact) mass is 364 g/mol. The summed E-state index contributed by atoms with van der Waals surface area (Å²) in [5.74, 6) is 2.11. The first kappa shape index (κ1) is 19.5. The maximum atomic E-state index is 5.37. The number of hydrogen-bond acceptors (Lipinski definition) is 5. The molecule has 138 valence electrons. The third kappa shape index (κ3) is 7.70. The lowest BCUT2D eigenvalue weighted by molar-refractivity contribution is 0.145. The molecule has 0 aliphatic heterocycles. The van der Waals surface area contributed by atoms with Crippen molar-refractivity contribution in [2.75, 3.05) is 32.8 Å². The van der Waals surface area contributed by atoms with E-state index in [0.29, 0.717) is 12.5 Å². The third-order valence-corrected chi connectivity index (χ3v) is 4.61. The molecule has 0 saturated carbocycles. The van der Waals surface area contributed by atoms with Crippen molar-refractivity contribution in [3.8, 4) is 0 Å². The molecule has 0 fully saturated rings. The van der Waals surface area contributed by atoms with E-state index in [-0.39, 0.29) is 0 Å². The van der Waals surface area contributed by atoms with Crippen LogP contribution in [-0.4, -0.2) is 43.8 Å². The van der Waals surface area contributed by atoms with Gasteiger partial charge in [0.2, 0.25) is 0 Å². The zero-order valence-electron chi connectivity index (χ0n) is 15.0. The van der Waals surface area contributed by atoms with Gasteiger partial charge in [-0.1, -0.05) is 6.92 Å². The van der Waals surface area contributed by atoms with Gasteiger partial charge in [0, 0.05) is 50.2 Å². The van der Waals surface area contributed by atoms with E-state index in [4.69, 9.17) is 14.1 Å². The summed E-state index contributed by atoms with van der Waals surface area (Å²) in [6, 6.07) is 3.89. The van der Waals surface area contributed by atoms with E-state index in [1.54, 1.807) is 17.6 Å². The molecule has 0 aliphatic rings. The maximum absolute atomic E-state index is 5.37. The van der Waals surface area contributed by atoms with E-state index < -0.39 is 0 Å². The fourth-order valence-electron chi connectivity index (χ4n) is 2.24. The predicted octanol–water partition coefficient (Wildman–Crippen LogP) is 3.04. The van der Waals surface area contributed by atoms with Gasteiger partial charge in [-0.15, -0.1) is 11.3 Å².